The van der Waals surface area contributed by atoms with Crippen molar-refractivity contribution < 1.29 is 4.74 Å². The summed E-state index contributed by atoms with van der Waals surface area (Å²) in [7, 11) is 0. The summed E-state index contributed by atoms with van der Waals surface area (Å²) in [5.74, 6) is 1.83. The third-order valence-electron chi connectivity index (χ3n) is 6.54. The lowest BCUT2D eigenvalue weighted by Crippen LogP contribution is -2.13. The van der Waals surface area contributed by atoms with Crippen molar-refractivity contribution in [1.29, 1.82) is 0 Å². The van der Waals surface area contributed by atoms with E-state index in [4.69, 9.17) is 4.74 Å². The van der Waals surface area contributed by atoms with Crippen LogP contribution in [-0.2, 0) is 17.8 Å². The highest BCUT2D eigenvalue weighted by molar-refractivity contribution is 5.63. The first-order valence-corrected chi connectivity index (χ1v) is 12.2. The van der Waals surface area contributed by atoms with Crippen molar-refractivity contribution in [2.24, 2.45) is 11.8 Å². The lowest BCUT2D eigenvalue weighted by molar-refractivity contribution is 0.121. The minimum atomic E-state index is 0.713. The van der Waals surface area contributed by atoms with Crippen LogP contribution in [0.4, 0.5) is 0 Å². The lowest BCUT2D eigenvalue weighted by Gasteiger charge is -2.26. The van der Waals surface area contributed by atoms with E-state index in [0.29, 0.717) is 6.61 Å². The normalized spacial score (nSPS) is 19.4. The average Bonchev–Trinajstić information content (AvgIpc) is 2.79. The zero-order chi connectivity index (χ0) is 21.0. The fourth-order valence-electron chi connectivity index (χ4n) is 4.70. The van der Waals surface area contributed by atoms with Crippen LogP contribution >= 0.6 is 0 Å². The first-order chi connectivity index (χ1) is 14.8. The Hall–Kier alpha value is -1.86. The molecule has 1 heteroatoms. The quantitative estimate of drug-likeness (QED) is 0.270. The van der Waals surface area contributed by atoms with Crippen molar-refractivity contribution in [3.63, 3.8) is 0 Å². The van der Waals surface area contributed by atoms with Gasteiger partial charge in [-0.25, -0.2) is 0 Å². The Morgan fingerprint density at radius 3 is 2.07 bits per heavy atom. The molecule has 0 unspecified atom stereocenters. The molecule has 0 bridgehead atoms. The molecule has 2 aromatic rings. The van der Waals surface area contributed by atoms with Crippen molar-refractivity contribution in [3.05, 3.63) is 71.8 Å². The van der Waals surface area contributed by atoms with E-state index >= 15 is 0 Å². The molecule has 1 aliphatic rings. The third-order valence-corrected chi connectivity index (χ3v) is 6.54. The summed E-state index contributed by atoms with van der Waals surface area (Å²) in [4.78, 5) is 0. The van der Waals surface area contributed by atoms with Gasteiger partial charge >= 0.3 is 0 Å². The first kappa shape index (κ1) is 22.8. The second-order valence-corrected chi connectivity index (χ2v) is 9.00. The van der Waals surface area contributed by atoms with E-state index in [1.807, 2.05) is 0 Å². The van der Waals surface area contributed by atoms with E-state index in [1.165, 1.54) is 73.6 Å². The molecule has 0 N–H and O–H groups in total. The molecule has 1 aliphatic carbocycles. The van der Waals surface area contributed by atoms with Gasteiger partial charge in [-0.1, -0.05) is 80.4 Å². The van der Waals surface area contributed by atoms with Gasteiger partial charge < -0.3 is 4.74 Å². The molecule has 0 heterocycles. The molecule has 30 heavy (non-hydrogen) atoms. The van der Waals surface area contributed by atoms with Crippen LogP contribution in [0.5, 0.6) is 0 Å². The van der Waals surface area contributed by atoms with Gasteiger partial charge in [-0.3, -0.25) is 0 Å². The van der Waals surface area contributed by atoms with Gasteiger partial charge in [-0.05, 0) is 86.0 Å². The Bertz CT molecular complexity index is 733. The van der Waals surface area contributed by atoms with E-state index in [2.05, 4.69) is 74.5 Å². The second-order valence-electron chi connectivity index (χ2n) is 9.00. The number of rotatable bonds is 11. The maximum atomic E-state index is 5.63. The van der Waals surface area contributed by atoms with Crippen LogP contribution in [0.3, 0.4) is 0 Å². The highest BCUT2D eigenvalue weighted by Gasteiger charge is 2.18. The molecule has 0 spiro atoms. The van der Waals surface area contributed by atoms with Gasteiger partial charge in [0.15, 0.2) is 0 Å². The molecule has 0 amide bonds. The van der Waals surface area contributed by atoms with Gasteiger partial charge in [0.2, 0.25) is 0 Å². The van der Waals surface area contributed by atoms with Gasteiger partial charge in [-0.2, -0.15) is 0 Å². The van der Waals surface area contributed by atoms with Gasteiger partial charge in [0.1, 0.15) is 0 Å². The van der Waals surface area contributed by atoms with Crippen LogP contribution in [0, 0.1) is 11.8 Å². The van der Waals surface area contributed by atoms with Crippen molar-refractivity contribution in [3.8, 4) is 11.1 Å². The molecule has 2 aromatic carbocycles. The third kappa shape index (κ3) is 7.43. The van der Waals surface area contributed by atoms with Gasteiger partial charge in [0, 0.05) is 6.61 Å². The molecule has 1 nitrogen and oxygen atoms in total. The molecular weight excluding hydrogens is 364 g/mol. The predicted molar refractivity (Wildman–Crippen MR) is 130 cm³/mol. The van der Waals surface area contributed by atoms with Gasteiger partial charge in [-0.15, -0.1) is 0 Å². The molecule has 162 valence electrons. The van der Waals surface area contributed by atoms with Crippen LogP contribution < -0.4 is 0 Å². The minimum absolute atomic E-state index is 0.713. The Labute approximate surface area is 184 Å². The Balaban J connectivity index is 1.37. The Morgan fingerprint density at radius 1 is 0.833 bits per heavy atom. The maximum absolute atomic E-state index is 5.63. The highest BCUT2D eigenvalue weighted by Crippen LogP contribution is 2.32. The largest absolute Gasteiger partial charge is 0.377 e. The van der Waals surface area contributed by atoms with Crippen molar-refractivity contribution in [1.82, 2.24) is 0 Å². The molecule has 1 saturated carbocycles. The number of unbranched alkanes of at least 4 members (excludes halogenated alkanes) is 1. The average molecular weight is 405 g/mol. The maximum Gasteiger partial charge on any atom is 0.0716 e. The number of hydrogen-bond acceptors (Lipinski definition) is 1. The first-order valence-electron chi connectivity index (χ1n) is 12.2. The van der Waals surface area contributed by atoms with E-state index in [-0.39, 0.29) is 0 Å². The summed E-state index contributed by atoms with van der Waals surface area (Å²) in [6.45, 7) is 5.84. The van der Waals surface area contributed by atoms with E-state index in [1.54, 1.807) is 0 Å². The molecular formula is C29H40O. The molecule has 3 rings (SSSR count). The summed E-state index contributed by atoms with van der Waals surface area (Å²) in [6.07, 6.45) is 16.7. The number of allylic oxidation sites excluding steroid dienone is 2. The van der Waals surface area contributed by atoms with E-state index in [9.17, 15) is 0 Å². The molecule has 0 saturated heterocycles. The summed E-state index contributed by atoms with van der Waals surface area (Å²) < 4.78 is 5.63. The molecule has 0 aromatic heterocycles. The van der Waals surface area contributed by atoms with E-state index in [0.717, 1.165) is 24.9 Å². The van der Waals surface area contributed by atoms with Gasteiger partial charge in [0.05, 0.1) is 6.61 Å². The number of hydrogen-bond donors (Lipinski definition) is 0. The molecule has 0 atom stereocenters. The van der Waals surface area contributed by atoms with Gasteiger partial charge in [0.25, 0.3) is 0 Å². The summed E-state index contributed by atoms with van der Waals surface area (Å²) >= 11 is 0. The van der Waals surface area contributed by atoms with Crippen molar-refractivity contribution >= 4 is 0 Å². The van der Waals surface area contributed by atoms with Crippen molar-refractivity contribution in [2.45, 2.75) is 78.2 Å². The predicted octanol–water partition coefficient (Wildman–Crippen LogP) is 8.38. The monoisotopic (exact) mass is 404 g/mol. The molecule has 0 aliphatic heterocycles. The highest BCUT2D eigenvalue weighted by atomic mass is 16.5. The molecule has 0 radical (unpaired) electrons. The number of aryl methyl sites for hydroxylation is 1. The van der Waals surface area contributed by atoms with Crippen LogP contribution in [0.25, 0.3) is 11.1 Å². The summed E-state index contributed by atoms with van der Waals surface area (Å²) in [5.41, 5.74) is 5.31. The Morgan fingerprint density at radius 2 is 1.47 bits per heavy atom. The van der Waals surface area contributed by atoms with Crippen LogP contribution in [0.2, 0.25) is 0 Å². The number of benzene rings is 2. The minimum Gasteiger partial charge on any atom is -0.377 e. The zero-order valence-electron chi connectivity index (χ0n) is 19.1. The summed E-state index contributed by atoms with van der Waals surface area (Å²) in [6, 6.07) is 18.0. The fourth-order valence-corrected chi connectivity index (χ4v) is 4.70. The number of ether oxygens (including phenoxy) is 1. The smallest absolute Gasteiger partial charge is 0.0716 e. The topological polar surface area (TPSA) is 9.23 Å². The second kappa shape index (κ2) is 12.7. The van der Waals surface area contributed by atoms with Crippen LogP contribution in [0.15, 0.2) is 60.7 Å². The SMILES string of the molecule is CC=C[C@H]1CC[C@H](CCCCc2ccc(-c3ccc(COCCC)cc3)cc2)CC1. The van der Waals surface area contributed by atoms with Crippen LogP contribution in [-0.4, -0.2) is 6.61 Å². The fraction of sp³-hybridized carbons (Fsp3) is 0.517. The van der Waals surface area contributed by atoms with Crippen molar-refractivity contribution in [2.75, 3.05) is 6.61 Å². The lowest BCUT2D eigenvalue weighted by atomic mass is 9.79. The zero-order valence-corrected chi connectivity index (χ0v) is 19.1. The molecule has 1 fully saturated rings. The van der Waals surface area contributed by atoms with Crippen LogP contribution in [0.1, 0.15) is 76.3 Å². The Kier molecular flexibility index (Phi) is 9.70. The summed E-state index contributed by atoms with van der Waals surface area (Å²) in [5, 5.41) is 0. The standard InChI is InChI=1S/C29H40O/c1-3-7-24-10-12-25(13-11-24)8-5-6-9-26-14-18-28(19-15-26)29-20-16-27(17-21-29)23-30-22-4-2/h3,7,14-21,24-25H,4-6,8-13,22-23H2,1-2H3/t24-,25-. The van der Waals surface area contributed by atoms with E-state index < -0.39 is 0 Å².